The van der Waals surface area contributed by atoms with Gasteiger partial charge in [0.05, 0.1) is 18.5 Å². The number of nitrogens with zero attached hydrogens (tertiary/aromatic N) is 3. The van der Waals surface area contributed by atoms with Gasteiger partial charge in [0.1, 0.15) is 6.04 Å². The number of rotatable bonds is 8. The van der Waals surface area contributed by atoms with Gasteiger partial charge in [0.2, 0.25) is 27.6 Å². The first-order valence-electron chi connectivity index (χ1n) is 9.92. The largest absolute Gasteiger partial charge is 0.345 e. The Hall–Kier alpha value is -3.20. The molecule has 0 aliphatic rings. The molecular weight excluding hydrogens is 416 g/mol. The number of carbonyl (C=O) groups excluding carboxylic acids is 1. The molecule has 0 aliphatic carbocycles. The van der Waals surface area contributed by atoms with Crippen LogP contribution in [0.25, 0.3) is 11.4 Å². The van der Waals surface area contributed by atoms with Gasteiger partial charge in [-0.3, -0.25) is 9.10 Å². The van der Waals surface area contributed by atoms with Gasteiger partial charge in [0.25, 0.3) is 0 Å². The van der Waals surface area contributed by atoms with Crippen molar-refractivity contribution in [2.24, 2.45) is 0 Å². The van der Waals surface area contributed by atoms with Gasteiger partial charge in [-0.05, 0) is 38.0 Å². The Bertz CT molecular complexity index is 1160. The van der Waals surface area contributed by atoms with Gasteiger partial charge in [-0.1, -0.05) is 54.0 Å². The van der Waals surface area contributed by atoms with E-state index >= 15 is 0 Å². The van der Waals surface area contributed by atoms with E-state index < -0.39 is 22.0 Å². The number of sulfonamides is 1. The van der Waals surface area contributed by atoms with E-state index in [9.17, 15) is 13.2 Å². The lowest BCUT2D eigenvalue weighted by molar-refractivity contribution is -0.122. The summed E-state index contributed by atoms with van der Waals surface area (Å²) in [6.07, 6.45) is 1.39. The molecule has 0 bridgehead atoms. The van der Waals surface area contributed by atoms with E-state index in [0.29, 0.717) is 17.9 Å². The standard InChI is InChI=1S/C22H26N4O4S/c1-5-19(26(31(4,28)29)18-8-6-7-16(3)13-18)22(27)23-14-20-24-21(25-30-20)17-11-9-15(2)10-12-17/h6-13,19H,5,14H2,1-4H3,(H,23,27)/t19-/m1/s1. The zero-order chi connectivity index (χ0) is 22.6. The highest BCUT2D eigenvalue weighted by atomic mass is 32.2. The molecule has 0 aliphatic heterocycles. The van der Waals surface area contributed by atoms with Crippen LogP contribution in [0.1, 0.15) is 30.4 Å². The maximum Gasteiger partial charge on any atom is 0.246 e. The Labute approximate surface area is 182 Å². The van der Waals surface area contributed by atoms with Gasteiger partial charge in [-0.25, -0.2) is 8.42 Å². The molecule has 0 saturated carbocycles. The molecule has 0 radical (unpaired) electrons. The lowest BCUT2D eigenvalue weighted by atomic mass is 10.1. The second-order valence-corrected chi connectivity index (χ2v) is 9.28. The lowest BCUT2D eigenvalue weighted by Gasteiger charge is -2.30. The summed E-state index contributed by atoms with van der Waals surface area (Å²) in [6, 6.07) is 13.8. The normalized spacial score (nSPS) is 12.4. The highest BCUT2D eigenvalue weighted by Gasteiger charge is 2.31. The topological polar surface area (TPSA) is 105 Å². The van der Waals surface area contributed by atoms with Crippen molar-refractivity contribution in [3.63, 3.8) is 0 Å². The number of nitrogens with one attached hydrogen (secondary N) is 1. The number of amides is 1. The number of hydrogen-bond acceptors (Lipinski definition) is 6. The summed E-state index contributed by atoms with van der Waals surface area (Å²) in [4.78, 5) is 17.2. The first-order valence-corrected chi connectivity index (χ1v) is 11.8. The SMILES string of the molecule is CC[C@H](C(=O)NCc1nc(-c2ccc(C)cc2)no1)N(c1cccc(C)c1)S(C)(=O)=O. The molecule has 1 N–H and O–H groups in total. The van der Waals surface area contributed by atoms with Crippen molar-refractivity contribution in [1.29, 1.82) is 0 Å². The van der Waals surface area contributed by atoms with Crippen molar-refractivity contribution in [2.75, 3.05) is 10.6 Å². The molecule has 164 valence electrons. The number of aryl methyl sites for hydroxylation is 2. The molecule has 2 aromatic carbocycles. The molecule has 1 aromatic heterocycles. The fourth-order valence-corrected chi connectivity index (χ4v) is 4.46. The minimum atomic E-state index is -3.69. The molecule has 3 rings (SSSR count). The predicted molar refractivity (Wildman–Crippen MR) is 119 cm³/mol. The molecular formula is C22H26N4O4S. The zero-order valence-corrected chi connectivity index (χ0v) is 18.8. The van der Waals surface area contributed by atoms with E-state index in [-0.39, 0.29) is 12.4 Å². The Morgan fingerprint density at radius 2 is 1.84 bits per heavy atom. The quantitative estimate of drug-likeness (QED) is 0.574. The fourth-order valence-electron chi connectivity index (χ4n) is 3.25. The minimum absolute atomic E-state index is 0.000383. The van der Waals surface area contributed by atoms with Crippen molar-refractivity contribution in [3.8, 4) is 11.4 Å². The van der Waals surface area contributed by atoms with Gasteiger partial charge in [-0.15, -0.1) is 0 Å². The van der Waals surface area contributed by atoms with Crippen LogP contribution in [0.4, 0.5) is 5.69 Å². The van der Waals surface area contributed by atoms with Crippen molar-refractivity contribution in [1.82, 2.24) is 15.5 Å². The molecule has 8 nitrogen and oxygen atoms in total. The van der Waals surface area contributed by atoms with Gasteiger partial charge < -0.3 is 9.84 Å². The van der Waals surface area contributed by atoms with Crippen LogP contribution in [0.3, 0.4) is 0 Å². The summed E-state index contributed by atoms with van der Waals surface area (Å²) >= 11 is 0. The molecule has 0 spiro atoms. The van der Waals surface area contributed by atoms with Gasteiger partial charge in [-0.2, -0.15) is 4.98 Å². The minimum Gasteiger partial charge on any atom is -0.345 e. The molecule has 0 saturated heterocycles. The number of hydrogen-bond donors (Lipinski definition) is 1. The summed E-state index contributed by atoms with van der Waals surface area (Å²) in [5, 5.41) is 6.67. The van der Waals surface area contributed by atoms with Crippen LogP contribution in [-0.4, -0.2) is 36.8 Å². The van der Waals surface area contributed by atoms with Crippen molar-refractivity contribution in [3.05, 3.63) is 65.5 Å². The van der Waals surface area contributed by atoms with Crippen molar-refractivity contribution >= 4 is 21.6 Å². The van der Waals surface area contributed by atoms with Crippen molar-refractivity contribution < 1.29 is 17.7 Å². The first-order chi connectivity index (χ1) is 14.7. The Balaban J connectivity index is 1.75. The third kappa shape index (κ3) is 5.49. The van der Waals surface area contributed by atoms with Crippen LogP contribution < -0.4 is 9.62 Å². The molecule has 0 fully saturated rings. The summed E-state index contributed by atoms with van der Waals surface area (Å²) in [6.45, 7) is 5.62. The van der Waals surface area contributed by atoms with E-state index in [1.54, 1.807) is 25.1 Å². The summed E-state index contributed by atoms with van der Waals surface area (Å²) < 4.78 is 31.4. The Morgan fingerprint density at radius 3 is 2.45 bits per heavy atom. The van der Waals surface area contributed by atoms with Gasteiger partial charge >= 0.3 is 0 Å². The van der Waals surface area contributed by atoms with E-state index in [2.05, 4.69) is 15.5 Å². The molecule has 1 heterocycles. The number of aromatic nitrogens is 2. The molecule has 3 aromatic rings. The van der Waals surface area contributed by atoms with Crippen LogP contribution >= 0.6 is 0 Å². The van der Waals surface area contributed by atoms with E-state index in [4.69, 9.17) is 4.52 Å². The second kappa shape index (κ2) is 9.30. The average Bonchev–Trinajstić information content (AvgIpc) is 3.18. The molecule has 0 unspecified atom stereocenters. The third-order valence-corrected chi connectivity index (χ3v) is 5.96. The van der Waals surface area contributed by atoms with Crippen LogP contribution in [0, 0.1) is 13.8 Å². The van der Waals surface area contributed by atoms with E-state index in [1.165, 1.54) is 0 Å². The third-order valence-electron chi connectivity index (χ3n) is 4.78. The molecule has 1 atom stereocenters. The monoisotopic (exact) mass is 442 g/mol. The number of benzene rings is 2. The zero-order valence-electron chi connectivity index (χ0n) is 18.0. The summed E-state index contributed by atoms with van der Waals surface area (Å²) in [5.74, 6) is 0.221. The molecule has 9 heteroatoms. The highest BCUT2D eigenvalue weighted by molar-refractivity contribution is 7.92. The van der Waals surface area contributed by atoms with Crippen LogP contribution in [0.2, 0.25) is 0 Å². The number of anilines is 1. The van der Waals surface area contributed by atoms with Crippen LogP contribution in [-0.2, 0) is 21.4 Å². The summed E-state index contributed by atoms with van der Waals surface area (Å²) in [5.41, 5.74) is 3.27. The van der Waals surface area contributed by atoms with Gasteiger partial charge in [0.15, 0.2) is 0 Å². The fraction of sp³-hybridized carbons (Fsp3) is 0.318. The van der Waals surface area contributed by atoms with Gasteiger partial charge in [0, 0.05) is 5.56 Å². The van der Waals surface area contributed by atoms with Crippen molar-refractivity contribution in [2.45, 2.75) is 39.8 Å². The Morgan fingerprint density at radius 1 is 1.13 bits per heavy atom. The van der Waals surface area contributed by atoms with Crippen LogP contribution in [0.15, 0.2) is 53.1 Å². The van der Waals surface area contributed by atoms with Crippen LogP contribution in [0.5, 0.6) is 0 Å². The first kappa shape index (κ1) is 22.5. The maximum absolute atomic E-state index is 12.9. The smallest absolute Gasteiger partial charge is 0.246 e. The number of carbonyl (C=O) groups is 1. The summed E-state index contributed by atoms with van der Waals surface area (Å²) in [7, 11) is -3.69. The van der Waals surface area contributed by atoms with E-state index in [0.717, 1.165) is 27.3 Å². The molecule has 31 heavy (non-hydrogen) atoms. The Kier molecular flexibility index (Phi) is 6.74. The average molecular weight is 443 g/mol. The second-order valence-electron chi connectivity index (χ2n) is 7.42. The predicted octanol–water partition coefficient (Wildman–Crippen LogP) is 3.21. The maximum atomic E-state index is 12.9. The molecule has 1 amide bonds. The van der Waals surface area contributed by atoms with E-state index in [1.807, 2.05) is 44.2 Å². The highest BCUT2D eigenvalue weighted by Crippen LogP contribution is 2.23. The lowest BCUT2D eigenvalue weighted by Crippen LogP contribution is -2.49.